The standard InChI is InChI=1S/C22H23N2/c1-16-12-17(2)22(18(3)13-16)24-11-10-23(15-24)21-9-8-19-6-4-5-7-20(19)14-21/h4-9,12-15H,10-11H2,1-3H3/q+1. The van der Waals surface area contributed by atoms with Gasteiger partial charge in [-0.2, -0.15) is 0 Å². The van der Waals surface area contributed by atoms with E-state index in [-0.39, 0.29) is 0 Å². The Hall–Kier alpha value is -2.61. The lowest BCUT2D eigenvalue weighted by Gasteiger charge is -2.09. The highest BCUT2D eigenvalue weighted by Gasteiger charge is 2.24. The summed E-state index contributed by atoms with van der Waals surface area (Å²) in [6, 6.07) is 19.8. The van der Waals surface area contributed by atoms with Crippen molar-refractivity contribution >= 4 is 28.5 Å². The first-order valence-corrected chi connectivity index (χ1v) is 8.57. The summed E-state index contributed by atoms with van der Waals surface area (Å²) >= 11 is 0. The Labute approximate surface area is 143 Å². The van der Waals surface area contributed by atoms with Crippen LogP contribution in [0.4, 0.5) is 11.4 Å². The van der Waals surface area contributed by atoms with Crippen molar-refractivity contribution in [3.8, 4) is 0 Å². The molecule has 0 saturated heterocycles. The Bertz CT molecular complexity index is 930. The zero-order valence-corrected chi connectivity index (χ0v) is 14.6. The van der Waals surface area contributed by atoms with Gasteiger partial charge in [0.1, 0.15) is 24.5 Å². The maximum absolute atomic E-state index is 2.39. The smallest absolute Gasteiger partial charge is 0.230 e. The summed E-state index contributed by atoms with van der Waals surface area (Å²) in [7, 11) is 0. The van der Waals surface area contributed by atoms with E-state index in [4.69, 9.17) is 0 Å². The van der Waals surface area contributed by atoms with E-state index in [2.05, 4.69) is 91.2 Å². The molecule has 1 aliphatic heterocycles. The van der Waals surface area contributed by atoms with Crippen molar-refractivity contribution in [2.24, 2.45) is 0 Å². The van der Waals surface area contributed by atoms with Gasteiger partial charge in [-0.25, -0.2) is 9.48 Å². The fourth-order valence-electron chi connectivity index (χ4n) is 3.85. The molecular formula is C22H23N2+. The summed E-state index contributed by atoms with van der Waals surface area (Å²) in [5.41, 5.74) is 6.65. The van der Waals surface area contributed by atoms with E-state index in [1.54, 1.807) is 0 Å². The minimum Gasteiger partial charge on any atom is -0.230 e. The summed E-state index contributed by atoms with van der Waals surface area (Å²) < 4.78 is 2.39. The van der Waals surface area contributed by atoms with Gasteiger partial charge in [0.15, 0.2) is 0 Å². The first-order chi connectivity index (χ1) is 11.6. The lowest BCUT2D eigenvalue weighted by molar-refractivity contribution is -0.425. The van der Waals surface area contributed by atoms with Crippen LogP contribution in [-0.2, 0) is 0 Å². The fraction of sp³-hybridized carbons (Fsp3) is 0.227. The number of benzene rings is 3. The van der Waals surface area contributed by atoms with Gasteiger partial charge in [-0.15, -0.1) is 0 Å². The number of hydrogen-bond acceptors (Lipinski definition) is 1. The molecule has 0 saturated carbocycles. The second-order valence-corrected chi connectivity index (χ2v) is 6.78. The SMILES string of the molecule is Cc1cc(C)c([N+]2=CN(c3ccc4ccccc4c3)CC2)c(C)c1. The third-order valence-electron chi connectivity index (χ3n) is 4.85. The molecule has 0 aromatic heterocycles. The summed E-state index contributed by atoms with van der Waals surface area (Å²) in [6.07, 6.45) is 2.26. The molecule has 3 aromatic carbocycles. The van der Waals surface area contributed by atoms with Crippen LogP contribution in [0.3, 0.4) is 0 Å². The maximum atomic E-state index is 2.39. The van der Waals surface area contributed by atoms with Crippen molar-refractivity contribution < 1.29 is 4.58 Å². The van der Waals surface area contributed by atoms with Crippen molar-refractivity contribution in [2.75, 3.05) is 18.0 Å². The number of nitrogens with zero attached hydrogens (tertiary/aromatic N) is 2. The van der Waals surface area contributed by atoms with Crippen LogP contribution in [0.1, 0.15) is 16.7 Å². The average molecular weight is 315 g/mol. The van der Waals surface area contributed by atoms with Crippen molar-refractivity contribution in [1.82, 2.24) is 0 Å². The summed E-state index contributed by atoms with van der Waals surface area (Å²) in [5.74, 6) is 0. The molecular weight excluding hydrogens is 292 g/mol. The van der Waals surface area contributed by atoms with Gasteiger partial charge < -0.3 is 0 Å². The van der Waals surface area contributed by atoms with Gasteiger partial charge in [-0.3, -0.25) is 0 Å². The van der Waals surface area contributed by atoms with Gasteiger partial charge in [0.25, 0.3) is 0 Å². The third-order valence-corrected chi connectivity index (χ3v) is 4.85. The molecule has 1 aliphatic rings. The van der Waals surface area contributed by atoms with Gasteiger partial charge >= 0.3 is 0 Å². The quantitative estimate of drug-likeness (QED) is 0.606. The zero-order chi connectivity index (χ0) is 16.7. The van der Waals surface area contributed by atoms with E-state index in [1.165, 1.54) is 38.8 Å². The monoisotopic (exact) mass is 315 g/mol. The van der Waals surface area contributed by atoms with Gasteiger partial charge in [0.05, 0.1) is 0 Å². The molecule has 0 N–H and O–H groups in total. The maximum Gasteiger partial charge on any atom is 0.244 e. The number of hydrogen-bond donors (Lipinski definition) is 0. The number of anilines is 1. The van der Waals surface area contributed by atoms with Crippen LogP contribution in [0, 0.1) is 20.8 Å². The van der Waals surface area contributed by atoms with Crippen LogP contribution in [-0.4, -0.2) is 24.0 Å². The fourth-order valence-corrected chi connectivity index (χ4v) is 3.85. The van der Waals surface area contributed by atoms with Crippen LogP contribution in [0.25, 0.3) is 10.8 Å². The minimum atomic E-state index is 1.02. The van der Waals surface area contributed by atoms with E-state index in [1.807, 2.05) is 0 Å². The molecule has 0 unspecified atom stereocenters. The zero-order valence-electron chi connectivity index (χ0n) is 14.6. The highest BCUT2D eigenvalue weighted by atomic mass is 15.3. The normalized spacial score (nSPS) is 14.3. The summed E-state index contributed by atoms with van der Waals surface area (Å²) in [6.45, 7) is 8.63. The Balaban J connectivity index is 1.72. The predicted molar refractivity (Wildman–Crippen MR) is 103 cm³/mol. The van der Waals surface area contributed by atoms with Crippen LogP contribution in [0.5, 0.6) is 0 Å². The van der Waals surface area contributed by atoms with Gasteiger partial charge in [-0.05, 0) is 54.8 Å². The van der Waals surface area contributed by atoms with E-state index in [0.717, 1.165) is 13.1 Å². The van der Waals surface area contributed by atoms with Gasteiger partial charge in [0.2, 0.25) is 6.34 Å². The first-order valence-electron chi connectivity index (χ1n) is 8.57. The summed E-state index contributed by atoms with van der Waals surface area (Å²) in [5, 5.41) is 2.59. The second kappa shape index (κ2) is 5.79. The second-order valence-electron chi connectivity index (χ2n) is 6.78. The molecule has 0 aliphatic carbocycles. The molecule has 0 bridgehead atoms. The molecule has 2 heteroatoms. The average Bonchev–Trinajstić information content (AvgIpc) is 3.03. The topological polar surface area (TPSA) is 6.25 Å². The number of aryl methyl sites for hydroxylation is 3. The molecule has 0 amide bonds. The first kappa shape index (κ1) is 14.9. The number of rotatable bonds is 2. The molecule has 3 aromatic rings. The number of fused-ring (bicyclic) bond motifs is 1. The molecule has 1 heterocycles. The molecule has 120 valence electrons. The minimum absolute atomic E-state index is 1.02. The largest absolute Gasteiger partial charge is 0.244 e. The molecule has 24 heavy (non-hydrogen) atoms. The Morgan fingerprint density at radius 1 is 0.833 bits per heavy atom. The highest BCUT2D eigenvalue weighted by molar-refractivity contribution is 5.89. The molecule has 2 nitrogen and oxygen atoms in total. The van der Waals surface area contributed by atoms with Crippen LogP contribution < -0.4 is 4.90 Å². The van der Waals surface area contributed by atoms with Gasteiger partial charge in [-0.1, -0.05) is 48.0 Å². The summed E-state index contributed by atoms with van der Waals surface area (Å²) in [4.78, 5) is 2.35. The Morgan fingerprint density at radius 3 is 2.29 bits per heavy atom. The lowest BCUT2D eigenvalue weighted by Crippen LogP contribution is -2.17. The van der Waals surface area contributed by atoms with Gasteiger partial charge in [0, 0.05) is 0 Å². The van der Waals surface area contributed by atoms with E-state index < -0.39 is 0 Å². The molecule has 4 rings (SSSR count). The van der Waals surface area contributed by atoms with Crippen molar-refractivity contribution in [3.05, 3.63) is 71.3 Å². The van der Waals surface area contributed by atoms with Crippen LogP contribution in [0.2, 0.25) is 0 Å². The van der Waals surface area contributed by atoms with Crippen molar-refractivity contribution in [3.63, 3.8) is 0 Å². The van der Waals surface area contributed by atoms with Crippen molar-refractivity contribution in [1.29, 1.82) is 0 Å². The molecule has 0 radical (unpaired) electrons. The van der Waals surface area contributed by atoms with Crippen LogP contribution >= 0.6 is 0 Å². The van der Waals surface area contributed by atoms with E-state index in [9.17, 15) is 0 Å². The predicted octanol–water partition coefficient (Wildman–Crippen LogP) is 4.96. The Morgan fingerprint density at radius 2 is 1.54 bits per heavy atom. The Kier molecular flexibility index (Phi) is 3.61. The third kappa shape index (κ3) is 2.58. The lowest BCUT2D eigenvalue weighted by atomic mass is 10.0. The molecule has 0 atom stereocenters. The van der Waals surface area contributed by atoms with E-state index in [0.29, 0.717) is 0 Å². The van der Waals surface area contributed by atoms with Crippen molar-refractivity contribution in [2.45, 2.75) is 20.8 Å². The van der Waals surface area contributed by atoms with E-state index >= 15 is 0 Å². The molecule has 0 fully saturated rings. The van der Waals surface area contributed by atoms with Crippen LogP contribution in [0.15, 0.2) is 54.6 Å². The highest BCUT2D eigenvalue weighted by Crippen LogP contribution is 2.28. The molecule has 0 spiro atoms.